The maximum absolute atomic E-state index is 12.7. The van der Waals surface area contributed by atoms with Gasteiger partial charge < -0.3 is 19.1 Å². The van der Waals surface area contributed by atoms with Crippen molar-refractivity contribution in [3.8, 4) is 17.2 Å². The van der Waals surface area contributed by atoms with E-state index in [9.17, 15) is 4.79 Å². The lowest BCUT2D eigenvalue weighted by atomic mass is 10.1. The summed E-state index contributed by atoms with van der Waals surface area (Å²) >= 11 is 2.14. The lowest BCUT2D eigenvalue weighted by Gasteiger charge is -2.19. The number of halogens is 1. The monoisotopic (exact) mass is 469 g/mol. The highest BCUT2D eigenvalue weighted by Gasteiger charge is 2.18. The van der Waals surface area contributed by atoms with Crippen LogP contribution in [0.15, 0.2) is 36.4 Å². The standard InChI is InChI=1S/C20H24INO4/c1-14-8-5-6-9-17(14)26-11-7-10-22(2)20(23)15-12-18(24-3)19(25-4)13-16(15)21/h5-6,8-9,12-13H,7,10-11H2,1-4H3. The fourth-order valence-corrected chi connectivity index (χ4v) is 3.20. The number of rotatable bonds is 8. The highest BCUT2D eigenvalue weighted by atomic mass is 127. The average molecular weight is 469 g/mol. The van der Waals surface area contributed by atoms with Crippen LogP contribution in [0.1, 0.15) is 22.3 Å². The first-order valence-corrected chi connectivity index (χ1v) is 9.41. The van der Waals surface area contributed by atoms with Crippen molar-refractivity contribution in [1.82, 2.24) is 4.90 Å². The number of benzene rings is 2. The SMILES string of the molecule is COc1cc(I)c(C(=O)N(C)CCCOc2ccccc2C)cc1OC. The summed E-state index contributed by atoms with van der Waals surface area (Å²) in [7, 11) is 4.94. The van der Waals surface area contributed by atoms with Gasteiger partial charge in [0.05, 0.1) is 26.4 Å². The van der Waals surface area contributed by atoms with E-state index in [-0.39, 0.29) is 5.91 Å². The lowest BCUT2D eigenvalue weighted by Crippen LogP contribution is -2.29. The van der Waals surface area contributed by atoms with E-state index in [4.69, 9.17) is 14.2 Å². The van der Waals surface area contributed by atoms with Crippen LogP contribution in [0, 0.1) is 10.5 Å². The number of ether oxygens (including phenoxy) is 3. The fourth-order valence-electron chi connectivity index (χ4n) is 2.53. The summed E-state index contributed by atoms with van der Waals surface area (Å²) in [5, 5.41) is 0. The predicted molar refractivity (Wildman–Crippen MR) is 111 cm³/mol. The van der Waals surface area contributed by atoms with E-state index >= 15 is 0 Å². The van der Waals surface area contributed by atoms with Crippen molar-refractivity contribution < 1.29 is 19.0 Å². The molecule has 0 saturated heterocycles. The largest absolute Gasteiger partial charge is 0.493 e. The smallest absolute Gasteiger partial charge is 0.254 e. The van der Waals surface area contributed by atoms with Gasteiger partial charge in [-0.3, -0.25) is 4.79 Å². The molecule has 0 radical (unpaired) electrons. The predicted octanol–water partition coefficient (Wildman–Crippen LogP) is 4.16. The molecule has 2 aromatic carbocycles. The Morgan fingerprint density at radius 2 is 1.73 bits per heavy atom. The van der Waals surface area contributed by atoms with Crippen LogP contribution in [0.5, 0.6) is 17.2 Å². The second-order valence-corrected chi connectivity index (χ2v) is 7.04. The number of methoxy groups -OCH3 is 2. The Morgan fingerprint density at radius 3 is 2.38 bits per heavy atom. The maximum atomic E-state index is 12.7. The number of hydrogen-bond donors (Lipinski definition) is 0. The molecular weight excluding hydrogens is 445 g/mol. The summed E-state index contributed by atoms with van der Waals surface area (Å²) in [5.74, 6) is 2.00. The molecule has 26 heavy (non-hydrogen) atoms. The summed E-state index contributed by atoms with van der Waals surface area (Å²) in [6.45, 7) is 3.19. The molecule has 0 fully saturated rings. The van der Waals surface area contributed by atoms with E-state index in [1.807, 2.05) is 37.3 Å². The number of para-hydroxylation sites is 1. The first kappa shape index (κ1) is 20.4. The summed E-state index contributed by atoms with van der Waals surface area (Å²) in [6, 6.07) is 11.4. The minimum atomic E-state index is -0.0498. The topological polar surface area (TPSA) is 48.0 Å². The van der Waals surface area contributed by atoms with Gasteiger partial charge in [0.2, 0.25) is 0 Å². The van der Waals surface area contributed by atoms with Gasteiger partial charge in [0.1, 0.15) is 5.75 Å². The minimum absolute atomic E-state index is 0.0498. The molecule has 0 spiro atoms. The molecule has 0 unspecified atom stereocenters. The Labute approximate surface area is 168 Å². The third kappa shape index (κ3) is 5.03. The van der Waals surface area contributed by atoms with E-state index < -0.39 is 0 Å². The van der Waals surface area contributed by atoms with E-state index in [0.29, 0.717) is 30.2 Å². The van der Waals surface area contributed by atoms with Crippen LogP contribution in [0.25, 0.3) is 0 Å². The lowest BCUT2D eigenvalue weighted by molar-refractivity contribution is 0.0786. The van der Waals surface area contributed by atoms with Crippen molar-refractivity contribution in [3.63, 3.8) is 0 Å². The molecule has 0 aliphatic heterocycles. The normalized spacial score (nSPS) is 10.3. The van der Waals surface area contributed by atoms with Crippen molar-refractivity contribution >= 4 is 28.5 Å². The minimum Gasteiger partial charge on any atom is -0.493 e. The van der Waals surface area contributed by atoms with Crippen molar-refractivity contribution in [1.29, 1.82) is 0 Å². The first-order valence-electron chi connectivity index (χ1n) is 8.33. The van der Waals surface area contributed by atoms with Gasteiger partial charge in [-0.05, 0) is 59.7 Å². The van der Waals surface area contributed by atoms with Crippen molar-refractivity contribution in [3.05, 3.63) is 51.1 Å². The molecule has 0 bridgehead atoms. The summed E-state index contributed by atoms with van der Waals surface area (Å²) in [6.07, 6.45) is 0.750. The number of aryl methyl sites for hydroxylation is 1. The third-order valence-electron chi connectivity index (χ3n) is 4.04. The number of hydrogen-bond acceptors (Lipinski definition) is 4. The van der Waals surface area contributed by atoms with Crippen LogP contribution in [0.4, 0.5) is 0 Å². The van der Waals surface area contributed by atoms with Gasteiger partial charge in [-0.2, -0.15) is 0 Å². The fraction of sp³-hybridized carbons (Fsp3) is 0.350. The molecule has 6 heteroatoms. The van der Waals surface area contributed by atoms with Gasteiger partial charge in [-0.15, -0.1) is 0 Å². The molecule has 0 aliphatic carbocycles. The number of amides is 1. The van der Waals surface area contributed by atoms with Crippen LogP contribution >= 0.6 is 22.6 Å². The average Bonchev–Trinajstić information content (AvgIpc) is 2.65. The highest BCUT2D eigenvalue weighted by molar-refractivity contribution is 14.1. The zero-order valence-corrected chi connectivity index (χ0v) is 17.7. The molecule has 0 heterocycles. The van der Waals surface area contributed by atoms with Gasteiger partial charge in [-0.1, -0.05) is 18.2 Å². The molecule has 2 rings (SSSR count). The number of nitrogens with zero attached hydrogens (tertiary/aromatic N) is 1. The van der Waals surface area contributed by atoms with Crippen LogP contribution in [0.3, 0.4) is 0 Å². The van der Waals surface area contributed by atoms with Crippen LogP contribution in [0.2, 0.25) is 0 Å². The first-order chi connectivity index (χ1) is 12.5. The molecule has 5 nitrogen and oxygen atoms in total. The Bertz CT molecular complexity index is 763. The second-order valence-electron chi connectivity index (χ2n) is 5.88. The number of carbonyl (C=O) groups excluding carboxylic acids is 1. The highest BCUT2D eigenvalue weighted by Crippen LogP contribution is 2.31. The van der Waals surface area contributed by atoms with Crippen LogP contribution < -0.4 is 14.2 Å². The molecule has 0 atom stereocenters. The molecule has 0 aromatic heterocycles. The van der Waals surface area contributed by atoms with Gasteiger partial charge in [-0.25, -0.2) is 0 Å². The van der Waals surface area contributed by atoms with Crippen LogP contribution in [-0.4, -0.2) is 45.2 Å². The number of carbonyl (C=O) groups is 1. The van der Waals surface area contributed by atoms with E-state index in [1.165, 1.54) is 0 Å². The van der Waals surface area contributed by atoms with Crippen molar-refractivity contribution in [2.24, 2.45) is 0 Å². The molecule has 140 valence electrons. The Morgan fingerprint density at radius 1 is 1.08 bits per heavy atom. The van der Waals surface area contributed by atoms with E-state index in [2.05, 4.69) is 22.6 Å². The molecule has 1 amide bonds. The molecule has 0 aliphatic rings. The zero-order chi connectivity index (χ0) is 19.1. The Kier molecular flexibility index (Phi) is 7.56. The molecular formula is C20H24INO4. The molecule has 0 N–H and O–H groups in total. The van der Waals surface area contributed by atoms with Crippen molar-refractivity contribution in [2.75, 3.05) is 34.4 Å². The molecule has 0 saturated carbocycles. The summed E-state index contributed by atoms with van der Waals surface area (Å²) in [5.41, 5.74) is 1.71. The third-order valence-corrected chi connectivity index (χ3v) is 4.93. The second kappa shape index (κ2) is 9.66. The van der Waals surface area contributed by atoms with Gasteiger partial charge in [0, 0.05) is 17.2 Å². The summed E-state index contributed by atoms with van der Waals surface area (Å²) < 4.78 is 17.2. The Hall–Kier alpha value is -1.96. The Balaban J connectivity index is 1.94. The molecule has 2 aromatic rings. The van der Waals surface area contributed by atoms with Gasteiger partial charge in [0.25, 0.3) is 5.91 Å². The van der Waals surface area contributed by atoms with Gasteiger partial charge >= 0.3 is 0 Å². The van der Waals surface area contributed by atoms with Crippen molar-refractivity contribution in [2.45, 2.75) is 13.3 Å². The van der Waals surface area contributed by atoms with Gasteiger partial charge in [0.15, 0.2) is 11.5 Å². The summed E-state index contributed by atoms with van der Waals surface area (Å²) in [4.78, 5) is 14.4. The zero-order valence-electron chi connectivity index (χ0n) is 15.5. The van der Waals surface area contributed by atoms with E-state index in [0.717, 1.165) is 21.3 Å². The van der Waals surface area contributed by atoms with E-state index in [1.54, 1.807) is 32.2 Å². The maximum Gasteiger partial charge on any atom is 0.254 e. The van der Waals surface area contributed by atoms with Crippen LogP contribution in [-0.2, 0) is 0 Å². The quantitative estimate of drug-likeness (QED) is 0.431.